The largest absolute Gasteiger partial charge is 0.370 e. The van der Waals surface area contributed by atoms with E-state index in [1.807, 2.05) is 29.3 Å². The maximum Gasteiger partial charge on any atom is 0.251 e. The van der Waals surface area contributed by atoms with Gasteiger partial charge >= 0.3 is 0 Å². The normalized spacial score (nSPS) is 21.1. The fourth-order valence-electron chi connectivity index (χ4n) is 5.08. The Morgan fingerprint density at radius 2 is 1.56 bits per heavy atom. The Labute approximate surface area is 198 Å². The quantitative estimate of drug-likeness (QED) is 0.557. The van der Waals surface area contributed by atoms with Gasteiger partial charge in [-0.2, -0.15) is 0 Å². The number of anilines is 2. The molecule has 1 aromatic carbocycles. The minimum Gasteiger partial charge on any atom is -0.370 e. The van der Waals surface area contributed by atoms with E-state index in [2.05, 4.69) is 25.2 Å². The Kier molecular flexibility index (Phi) is 5.07. The van der Waals surface area contributed by atoms with Crippen molar-refractivity contribution in [3.63, 3.8) is 0 Å². The van der Waals surface area contributed by atoms with Gasteiger partial charge in [0.2, 0.25) is 0 Å². The van der Waals surface area contributed by atoms with E-state index in [1.165, 1.54) is 25.7 Å². The van der Waals surface area contributed by atoms with Gasteiger partial charge in [0.1, 0.15) is 25.1 Å². The van der Waals surface area contributed by atoms with Crippen LogP contribution in [0.1, 0.15) is 38.5 Å². The summed E-state index contributed by atoms with van der Waals surface area (Å²) in [5, 5.41) is 8.70. The van der Waals surface area contributed by atoms with Gasteiger partial charge in [-0.05, 0) is 43.2 Å². The van der Waals surface area contributed by atoms with Crippen LogP contribution < -0.4 is 15.3 Å². The standard InChI is InChI=1S/C24H26BF2N7/c25-17-1-2-20(21(13-17)32-9-5-23(3-4-23)6-10-32)34-16-19(30-31-34)18-14-28-15-22(29-18)33-11-7-24(26,27)8-12-33/h1-2,13-16H,3-12H2. The summed E-state index contributed by atoms with van der Waals surface area (Å²) in [5.74, 6) is -2.02. The van der Waals surface area contributed by atoms with E-state index in [1.54, 1.807) is 17.1 Å². The summed E-state index contributed by atoms with van der Waals surface area (Å²) in [5.41, 5.74) is 4.42. The summed E-state index contributed by atoms with van der Waals surface area (Å²) in [7, 11) is 6.14. The lowest BCUT2D eigenvalue weighted by Crippen LogP contribution is -2.39. The molecule has 1 aliphatic carbocycles. The third kappa shape index (κ3) is 4.14. The zero-order valence-electron chi connectivity index (χ0n) is 19.0. The van der Waals surface area contributed by atoms with Crippen molar-refractivity contribution in [3.8, 4) is 17.1 Å². The van der Waals surface area contributed by atoms with Crippen LogP contribution in [-0.4, -0.2) is 64.9 Å². The van der Waals surface area contributed by atoms with Crippen molar-refractivity contribution in [2.45, 2.75) is 44.4 Å². The molecule has 2 radical (unpaired) electrons. The smallest absolute Gasteiger partial charge is 0.251 e. The molecule has 0 amide bonds. The van der Waals surface area contributed by atoms with Crippen LogP contribution in [0.25, 0.3) is 17.1 Å². The van der Waals surface area contributed by atoms with Gasteiger partial charge in [-0.3, -0.25) is 4.98 Å². The number of nitrogens with zero attached hydrogens (tertiary/aromatic N) is 7. The highest BCUT2D eigenvalue weighted by molar-refractivity contribution is 6.32. The van der Waals surface area contributed by atoms with E-state index in [9.17, 15) is 8.78 Å². The lowest BCUT2D eigenvalue weighted by Gasteiger charge is -2.35. The molecule has 2 aromatic heterocycles. The molecule has 6 rings (SSSR count). The molecule has 7 nitrogen and oxygen atoms in total. The van der Waals surface area contributed by atoms with Gasteiger partial charge < -0.3 is 9.80 Å². The van der Waals surface area contributed by atoms with E-state index in [-0.39, 0.29) is 25.9 Å². The average molecular weight is 461 g/mol. The van der Waals surface area contributed by atoms with Crippen LogP contribution in [0.3, 0.4) is 0 Å². The lowest BCUT2D eigenvalue weighted by atomic mass is 9.91. The number of halogens is 2. The van der Waals surface area contributed by atoms with Crippen molar-refractivity contribution in [2.75, 3.05) is 36.0 Å². The van der Waals surface area contributed by atoms with Crippen molar-refractivity contribution in [1.29, 1.82) is 0 Å². The molecule has 3 aliphatic rings. The van der Waals surface area contributed by atoms with E-state index in [0.29, 0.717) is 22.6 Å². The topological polar surface area (TPSA) is 63.0 Å². The van der Waals surface area contributed by atoms with Gasteiger partial charge in [-0.1, -0.05) is 16.7 Å². The molecule has 1 spiro atoms. The highest BCUT2D eigenvalue weighted by atomic mass is 19.3. The lowest BCUT2D eigenvalue weighted by molar-refractivity contribution is -0.0221. The summed E-state index contributed by atoms with van der Waals surface area (Å²) in [6.45, 7) is 2.54. The summed E-state index contributed by atoms with van der Waals surface area (Å²) in [6, 6.07) is 5.86. The van der Waals surface area contributed by atoms with Crippen LogP contribution in [-0.2, 0) is 0 Å². The number of piperidine rings is 2. The molecular formula is C24H26BF2N7. The van der Waals surface area contributed by atoms with E-state index < -0.39 is 5.92 Å². The van der Waals surface area contributed by atoms with Crippen LogP contribution in [0.15, 0.2) is 36.8 Å². The monoisotopic (exact) mass is 461 g/mol. The molecule has 0 N–H and O–H groups in total. The zero-order valence-corrected chi connectivity index (χ0v) is 19.0. The van der Waals surface area contributed by atoms with Crippen LogP contribution in [0, 0.1) is 5.41 Å². The van der Waals surface area contributed by atoms with Gasteiger partial charge in [0.25, 0.3) is 5.92 Å². The number of benzene rings is 1. The Hall–Kier alpha value is -3.04. The van der Waals surface area contributed by atoms with Gasteiger partial charge in [-0.15, -0.1) is 5.10 Å². The summed E-state index contributed by atoms with van der Waals surface area (Å²) in [4.78, 5) is 13.2. The summed E-state index contributed by atoms with van der Waals surface area (Å²) < 4.78 is 28.8. The van der Waals surface area contributed by atoms with E-state index in [4.69, 9.17) is 7.85 Å². The fourth-order valence-corrected chi connectivity index (χ4v) is 5.08. The first-order valence-electron chi connectivity index (χ1n) is 11.9. The average Bonchev–Trinajstić information content (AvgIpc) is 3.40. The highest BCUT2D eigenvalue weighted by Gasteiger charge is 2.44. The van der Waals surface area contributed by atoms with Gasteiger partial charge in [0, 0.05) is 39.0 Å². The van der Waals surface area contributed by atoms with Crippen molar-refractivity contribution in [3.05, 3.63) is 36.8 Å². The second kappa shape index (κ2) is 8.03. The summed E-state index contributed by atoms with van der Waals surface area (Å²) in [6.07, 6.45) is 9.87. The van der Waals surface area contributed by atoms with Crippen molar-refractivity contribution in [1.82, 2.24) is 25.0 Å². The predicted octanol–water partition coefficient (Wildman–Crippen LogP) is 3.13. The molecule has 2 aliphatic heterocycles. The highest BCUT2D eigenvalue weighted by Crippen LogP contribution is 2.54. The molecular weight excluding hydrogens is 435 g/mol. The fraction of sp³-hybridized carbons (Fsp3) is 0.500. The second-order valence-electron chi connectivity index (χ2n) is 9.89. The van der Waals surface area contributed by atoms with Crippen LogP contribution in [0.5, 0.6) is 0 Å². The maximum atomic E-state index is 13.5. The molecule has 1 saturated carbocycles. The maximum absolute atomic E-state index is 13.5. The second-order valence-corrected chi connectivity index (χ2v) is 9.89. The SMILES string of the molecule is [B]c1ccc(-n2cc(-c3cncc(N4CCC(F)(F)CC4)n3)nn2)c(N2CCC3(CC2)CC3)c1. The molecule has 3 aromatic rings. The molecule has 0 atom stereocenters. The molecule has 0 bridgehead atoms. The predicted molar refractivity (Wildman–Crippen MR) is 127 cm³/mol. The summed E-state index contributed by atoms with van der Waals surface area (Å²) >= 11 is 0. The first-order chi connectivity index (χ1) is 16.4. The minimum absolute atomic E-state index is 0.174. The molecule has 3 fully saturated rings. The number of rotatable bonds is 4. The van der Waals surface area contributed by atoms with Crippen LogP contribution in [0.2, 0.25) is 0 Å². The Balaban J connectivity index is 1.25. The van der Waals surface area contributed by atoms with Crippen molar-refractivity contribution in [2.24, 2.45) is 5.41 Å². The molecule has 34 heavy (non-hydrogen) atoms. The first kappa shape index (κ1) is 21.5. The van der Waals surface area contributed by atoms with Gasteiger partial charge in [-0.25, -0.2) is 18.4 Å². The Morgan fingerprint density at radius 1 is 0.824 bits per heavy atom. The molecule has 4 heterocycles. The number of alkyl halides is 2. The van der Waals surface area contributed by atoms with Crippen LogP contribution in [0.4, 0.5) is 20.3 Å². The Bertz CT molecular complexity index is 1190. The number of hydrogen-bond acceptors (Lipinski definition) is 6. The molecule has 0 unspecified atom stereocenters. The van der Waals surface area contributed by atoms with Gasteiger partial charge in [0.15, 0.2) is 0 Å². The molecule has 174 valence electrons. The minimum atomic E-state index is -2.60. The Morgan fingerprint density at radius 3 is 2.29 bits per heavy atom. The number of aromatic nitrogens is 5. The van der Waals surface area contributed by atoms with E-state index in [0.717, 1.165) is 29.9 Å². The van der Waals surface area contributed by atoms with E-state index >= 15 is 0 Å². The number of hydrogen-bond donors (Lipinski definition) is 0. The molecule has 10 heteroatoms. The third-order valence-electron chi connectivity index (χ3n) is 7.56. The van der Waals surface area contributed by atoms with Gasteiger partial charge in [0.05, 0.1) is 30.0 Å². The molecule has 2 saturated heterocycles. The van der Waals surface area contributed by atoms with Crippen molar-refractivity contribution >= 4 is 24.8 Å². The zero-order chi connectivity index (χ0) is 23.3. The van der Waals surface area contributed by atoms with Crippen LogP contribution >= 0.6 is 0 Å². The van der Waals surface area contributed by atoms with Crippen molar-refractivity contribution < 1.29 is 8.78 Å². The first-order valence-corrected chi connectivity index (χ1v) is 11.9. The third-order valence-corrected chi connectivity index (χ3v) is 7.56.